The second kappa shape index (κ2) is 7.64. The van der Waals surface area contributed by atoms with Gasteiger partial charge in [-0.15, -0.1) is 0 Å². The summed E-state index contributed by atoms with van der Waals surface area (Å²) in [5, 5.41) is 8.18. The summed E-state index contributed by atoms with van der Waals surface area (Å²) in [6, 6.07) is 7.51. The minimum absolute atomic E-state index is 0.000252. The van der Waals surface area contributed by atoms with E-state index >= 15 is 0 Å². The number of benzene rings is 1. The van der Waals surface area contributed by atoms with Crippen molar-refractivity contribution < 1.29 is 4.79 Å². The molecule has 1 heterocycles. The molecule has 0 radical (unpaired) electrons. The monoisotopic (exact) mass is 333 g/mol. The van der Waals surface area contributed by atoms with Crippen molar-refractivity contribution in [3.05, 3.63) is 51.8 Å². The second-order valence-electron chi connectivity index (χ2n) is 6.31. The number of hydrogen-bond acceptors (Lipinski definition) is 2. The van der Waals surface area contributed by atoms with Crippen LogP contribution in [0.4, 0.5) is 0 Å². The molecule has 0 aliphatic rings. The van der Waals surface area contributed by atoms with Gasteiger partial charge in [-0.1, -0.05) is 37.6 Å². The standard InChI is InChI=1S/C18H24ClN3O/c1-12(2)11-22-14(4)17(13(3)21-22)9-18(23)20-10-15-6-5-7-16(19)8-15/h5-8,12H,9-11H2,1-4H3,(H,20,23). The Balaban J connectivity index is 1.99. The zero-order chi connectivity index (χ0) is 17.0. The van der Waals surface area contributed by atoms with Gasteiger partial charge in [0.05, 0.1) is 12.1 Å². The average Bonchev–Trinajstić information content (AvgIpc) is 2.72. The van der Waals surface area contributed by atoms with Gasteiger partial charge in [-0.3, -0.25) is 9.48 Å². The molecule has 124 valence electrons. The van der Waals surface area contributed by atoms with Gasteiger partial charge in [0.15, 0.2) is 0 Å². The molecule has 0 saturated heterocycles. The molecule has 1 aromatic heterocycles. The van der Waals surface area contributed by atoms with Crippen LogP contribution < -0.4 is 5.32 Å². The molecule has 2 rings (SSSR count). The van der Waals surface area contributed by atoms with E-state index in [1.54, 1.807) is 0 Å². The predicted octanol–water partition coefficient (Wildman–Crippen LogP) is 3.67. The van der Waals surface area contributed by atoms with E-state index in [0.29, 0.717) is 23.9 Å². The highest BCUT2D eigenvalue weighted by atomic mass is 35.5. The second-order valence-corrected chi connectivity index (χ2v) is 6.75. The fraction of sp³-hybridized carbons (Fsp3) is 0.444. The normalized spacial score (nSPS) is 11.0. The van der Waals surface area contributed by atoms with Crippen molar-refractivity contribution in [1.82, 2.24) is 15.1 Å². The van der Waals surface area contributed by atoms with E-state index in [-0.39, 0.29) is 5.91 Å². The molecule has 4 nitrogen and oxygen atoms in total. The van der Waals surface area contributed by atoms with Crippen LogP contribution in [0.15, 0.2) is 24.3 Å². The smallest absolute Gasteiger partial charge is 0.224 e. The van der Waals surface area contributed by atoms with Crippen molar-refractivity contribution in [1.29, 1.82) is 0 Å². The SMILES string of the molecule is Cc1nn(CC(C)C)c(C)c1CC(=O)NCc1cccc(Cl)c1. The number of amides is 1. The highest BCUT2D eigenvalue weighted by Gasteiger charge is 2.15. The van der Waals surface area contributed by atoms with E-state index < -0.39 is 0 Å². The van der Waals surface area contributed by atoms with Crippen LogP contribution in [0.2, 0.25) is 5.02 Å². The number of hydrogen-bond donors (Lipinski definition) is 1. The lowest BCUT2D eigenvalue weighted by atomic mass is 10.1. The van der Waals surface area contributed by atoms with Crippen molar-refractivity contribution >= 4 is 17.5 Å². The number of aryl methyl sites for hydroxylation is 1. The van der Waals surface area contributed by atoms with Crippen LogP contribution in [0, 0.1) is 19.8 Å². The maximum absolute atomic E-state index is 12.2. The summed E-state index contributed by atoms with van der Waals surface area (Å²) in [6.07, 6.45) is 0.357. The van der Waals surface area contributed by atoms with Gasteiger partial charge in [-0.25, -0.2) is 0 Å². The minimum atomic E-state index is 0.000252. The van der Waals surface area contributed by atoms with Crippen LogP contribution in [0.1, 0.15) is 36.4 Å². The van der Waals surface area contributed by atoms with Crippen LogP contribution in [0.3, 0.4) is 0 Å². The molecule has 1 aromatic carbocycles. The molecule has 23 heavy (non-hydrogen) atoms. The fourth-order valence-corrected chi connectivity index (χ4v) is 2.80. The van der Waals surface area contributed by atoms with Crippen LogP contribution in [-0.4, -0.2) is 15.7 Å². The molecule has 1 N–H and O–H groups in total. The van der Waals surface area contributed by atoms with Crippen molar-refractivity contribution in [2.75, 3.05) is 0 Å². The van der Waals surface area contributed by atoms with Crippen LogP contribution in [0.5, 0.6) is 0 Å². The van der Waals surface area contributed by atoms with E-state index in [9.17, 15) is 4.79 Å². The first-order chi connectivity index (χ1) is 10.9. The molecule has 0 atom stereocenters. The number of aromatic nitrogens is 2. The Hall–Kier alpha value is -1.81. The van der Waals surface area contributed by atoms with Crippen molar-refractivity contribution in [3.8, 4) is 0 Å². The number of carbonyl (C=O) groups excluding carboxylic acids is 1. The van der Waals surface area contributed by atoms with Gasteiger partial charge >= 0.3 is 0 Å². The third-order valence-electron chi connectivity index (χ3n) is 3.79. The molecule has 0 aliphatic carbocycles. The Morgan fingerprint density at radius 1 is 1.35 bits per heavy atom. The Labute approximate surface area is 142 Å². The van der Waals surface area contributed by atoms with Gasteiger partial charge in [0, 0.05) is 29.4 Å². The first-order valence-corrected chi connectivity index (χ1v) is 8.28. The third kappa shape index (κ3) is 4.83. The van der Waals surface area contributed by atoms with Gasteiger partial charge in [0.25, 0.3) is 0 Å². The molecular weight excluding hydrogens is 310 g/mol. The van der Waals surface area contributed by atoms with Gasteiger partial charge < -0.3 is 5.32 Å². The predicted molar refractivity (Wildman–Crippen MR) is 93.5 cm³/mol. The zero-order valence-corrected chi connectivity index (χ0v) is 14.9. The van der Waals surface area contributed by atoms with Crippen molar-refractivity contribution in [3.63, 3.8) is 0 Å². The molecule has 5 heteroatoms. The quantitative estimate of drug-likeness (QED) is 0.876. The summed E-state index contributed by atoms with van der Waals surface area (Å²) in [4.78, 5) is 12.2. The summed E-state index contributed by atoms with van der Waals surface area (Å²) < 4.78 is 2.00. The number of carbonyl (C=O) groups is 1. The molecule has 0 fully saturated rings. The van der Waals surface area contributed by atoms with Gasteiger partial charge in [-0.2, -0.15) is 5.10 Å². The summed E-state index contributed by atoms with van der Waals surface area (Å²) >= 11 is 5.95. The zero-order valence-electron chi connectivity index (χ0n) is 14.2. The number of halogens is 1. The minimum Gasteiger partial charge on any atom is -0.352 e. The van der Waals surface area contributed by atoms with E-state index in [0.717, 1.165) is 29.1 Å². The maximum atomic E-state index is 12.2. The molecule has 0 saturated carbocycles. The largest absolute Gasteiger partial charge is 0.352 e. The third-order valence-corrected chi connectivity index (χ3v) is 4.02. The van der Waals surface area contributed by atoms with Gasteiger partial charge in [0.2, 0.25) is 5.91 Å². The Morgan fingerprint density at radius 3 is 2.74 bits per heavy atom. The van der Waals surface area contributed by atoms with Crippen molar-refractivity contribution in [2.45, 2.75) is 47.2 Å². The number of nitrogens with zero attached hydrogens (tertiary/aromatic N) is 2. The van der Waals surface area contributed by atoms with E-state index in [1.807, 2.05) is 42.8 Å². The molecule has 0 spiro atoms. The fourth-order valence-electron chi connectivity index (χ4n) is 2.58. The number of nitrogens with one attached hydrogen (secondary N) is 1. The summed E-state index contributed by atoms with van der Waals surface area (Å²) in [5.74, 6) is 0.526. The average molecular weight is 334 g/mol. The molecule has 0 unspecified atom stereocenters. The van der Waals surface area contributed by atoms with Crippen LogP contribution in [-0.2, 0) is 24.3 Å². The summed E-state index contributed by atoms with van der Waals surface area (Å²) in [6.45, 7) is 9.67. The first kappa shape index (κ1) is 17.5. The molecule has 0 bridgehead atoms. The van der Waals surface area contributed by atoms with Crippen LogP contribution in [0.25, 0.3) is 0 Å². The Morgan fingerprint density at radius 2 is 2.09 bits per heavy atom. The van der Waals surface area contributed by atoms with Gasteiger partial charge in [-0.05, 0) is 37.5 Å². The molecule has 0 aliphatic heterocycles. The van der Waals surface area contributed by atoms with E-state index in [4.69, 9.17) is 11.6 Å². The van der Waals surface area contributed by atoms with E-state index in [1.165, 1.54) is 0 Å². The molecular formula is C18H24ClN3O. The van der Waals surface area contributed by atoms with E-state index in [2.05, 4.69) is 24.3 Å². The van der Waals surface area contributed by atoms with Gasteiger partial charge in [0.1, 0.15) is 0 Å². The summed E-state index contributed by atoms with van der Waals surface area (Å²) in [5.41, 5.74) is 4.03. The highest BCUT2D eigenvalue weighted by molar-refractivity contribution is 6.30. The molecule has 1 amide bonds. The lowest BCUT2D eigenvalue weighted by Gasteiger charge is -2.08. The molecule has 2 aromatic rings. The lowest BCUT2D eigenvalue weighted by Crippen LogP contribution is -2.25. The maximum Gasteiger partial charge on any atom is 0.224 e. The van der Waals surface area contributed by atoms with Crippen molar-refractivity contribution in [2.24, 2.45) is 5.92 Å². The van der Waals surface area contributed by atoms with Crippen LogP contribution >= 0.6 is 11.6 Å². The number of rotatable bonds is 6. The highest BCUT2D eigenvalue weighted by Crippen LogP contribution is 2.15. The summed E-state index contributed by atoms with van der Waals surface area (Å²) in [7, 11) is 0. The first-order valence-electron chi connectivity index (χ1n) is 7.91. The lowest BCUT2D eigenvalue weighted by molar-refractivity contribution is -0.120. The Bertz CT molecular complexity index is 692. The topological polar surface area (TPSA) is 46.9 Å². The Kier molecular flexibility index (Phi) is 5.83.